The normalized spacial score (nSPS) is 18.9. The van der Waals surface area contributed by atoms with Crippen molar-refractivity contribution >= 4 is 11.3 Å². The smallest absolute Gasteiger partial charge is 0.0794 e. The molecule has 2 aromatic rings. The van der Waals surface area contributed by atoms with Crippen LogP contribution in [0.4, 0.5) is 0 Å². The van der Waals surface area contributed by atoms with E-state index in [9.17, 15) is 0 Å². The van der Waals surface area contributed by atoms with Crippen LogP contribution in [-0.2, 0) is 13.0 Å². The van der Waals surface area contributed by atoms with Gasteiger partial charge in [0, 0.05) is 23.7 Å². The summed E-state index contributed by atoms with van der Waals surface area (Å²) in [5.74, 6) is 0. The molecular weight excluding hydrogens is 240 g/mol. The van der Waals surface area contributed by atoms with Gasteiger partial charge in [-0.3, -0.25) is 9.88 Å². The molecule has 2 nitrogen and oxygen atoms in total. The predicted octanol–water partition coefficient (Wildman–Crippen LogP) is 3.65. The number of rotatable bonds is 3. The molecule has 0 radical (unpaired) electrons. The second-order valence-electron chi connectivity index (χ2n) is 4.99. The van der Waals surface area contributed by atoms with Gasteiger partial charge in [-0.15, -0.1) is 11.3 Å². The number of benzene rings is 1. The van der Waals surface area contributed by atoms with E-state index in [-0.39, 0.29) is 0 Å². The van der Waals surface area contributed by atoms with Gasteiger partial charge in [-0.25, -0.2) is 0 Å². The number of aryl methyl sites for hydroxylation is 1. The topological polar surface area (TPSA) is 16.1 Å². The highest BCUT2D eigenvalue weighted by molar-refractivity contribution is 7.09. The first-order valence-corrected chi connectivity index (χ1v) is 7.38. The Bertz CT molecular complexity index is 507. The van der Waals surface area contributed by atoms with E-state index in [4.69, 9.17) is 0 Å². The largest absolute Gasteiger partial charge is 0.294 e. The molecule has 0 saturated carbocycles. The third kappa shape index (κ3) is 2.33. The molecule has 1 atom stereocenters. The molecule has 1 aromatic carbocycles. The maximum absolute atomic E-state index is 4.16. The highest BCUT2D eigenvalue weighted by atomic mass is 32.1. The first-order chi connectivity index (χ1) is 8.84. The first kappa shape index (κ1) is 11.9. The van der Waals surface area contributed by atoms with E-state index in [2.05, 4.69) is 41.2 Å². The third-order valence-corrected chi connectivity index (χ3v) is 4.52. The lowest BCUT2D eigenvalue weighted by atomic mass is 9.87. The molecule has 1 heterocycles. The third-order valence-electron chi connectivity index (χ3n) is 3.76. The fourth-order valence-corrected chi connectivity index (χ4v) is 3.52. The van der Waals surface area contributed by atoms with E-state index < -0.39 is 0 Å². The Morgan fingerprint density at radius 1 is 1.39 bits per heavy atom. The zero-order valence-electron chi connectivity index (χ0n) is 10.7. The van der Waals surface area contributed by atoms with E-state index in [0.29, 0.717) is 6.04 Å². The predicted molar refractivity (Wildman–Crippen MR) is 75.7 cm³/mol. The quantitative estimate of drug-likeness (QED) is 0.835. The molecular formula is C15H18N2S. The molecule has 1 unspecified atom stereocenters. The molecule has 3 heteroatoms. The minimum absolute atomic E-state index is 0.567. The van der Waals surface area contributed by atoms with Gasteiger partial charge in [0.25, 0.3) is 0 Å². The maximum atomic E-state index is 4.16. The van der Waals surface area contributed by atoms with Crippen molar-refractivity contribution in [2.45, 2.75) is 31.8 Å². The van der Waals surface area contributed by atoms with Crippen molar-refractivity contribution in [1.82, 2.24) is 9.88 Å². The van der Waals surface area contributed by atoms with E-state index in [1.54, 1.807) is 11.3 Å². The highest BCUT2D eigenvalue weighted by Crippen LogP contribution is 2.34. The number of hydrogen-bond acceptors (Lipinski definition) is 3. The van der Waals surface area contributed by atoms with Gasteiger partial charge >= 0.3 is 0 Å². The van der Waals surface area contributed by atoms with Gasteiger partial charge in [0.15, 0.2) is 0 Å². The minimum Gasteiger partial charge on any atom is -0.294 e. The lowest BCUT2D eigenvalue weighted by Gasteiger charge is -2.33. The zero-order chi connectivity index (χ0) is 12.4. The summed E-state index contributed by atoms with van der Waals surface area (Å²) in [4.78, 5) is 7.97. The van der Waals surface area contributed by atoms with Crippen LogP contribution in [0, 0.1) is 0 Å². The van der Waals surface area contributed by atoms with Crippen molar-refractivity contribution in [2.75, 3.05) is 7.05 Å². The van der Waals surface area contributed by atoms with Crippen molar-refractivity contribution < 1.29 is 0 Å². The minimum atomic E-state index is 0.567. The number of thiazole rings is 1. The van der Waals surface area contributed by atoms with E-state index in [1.165, 1.54) is 35.3 Å². The molecule has 94 valence electrons. The Morgan fingerprint density at radius 3 is 3.11 bits per heavy atom. The Morgan fingerprint density at radius 2 is 2.28 bits per heavy atom. The van der Waals surface area contributed by atoms with Crippen molar-refractivity contribution in [3.05, 3.63) is 52.0 Å². The molecule has 0 bridgehead atoms. The second-order valence-corrected chi connectivity index (χ2v) is 5.96. The zero-order valence-corrected chi connectivity index (χ0v) is 11.5. The summed E-state index contributed by atoms with van der Waals surface area (Å²) < 4.78 is 0. The van der Waals surface area contributed by atoms with E-state index in [0.717, 1.165) is 6.54 Å². The summed E-state index contributed by atoms with van der Waals surface area (Å²) in [6, 6.07) is 9.46. The van der Waals surface area contributed by atoms with Crippen LogP contribution in [0.15, 0.2) is 36.0 Å². The lowest BCUT2D eigenvalue weighted by molar-refractivity contribution is 0.215. The summed E-state index contributed by atoms with van der Waals surface area (Å²) >= 11 is 1.74. The van der Waals surface area contributed by atoms with Crippen LogP contribution in [0.1, 0.15) is 34.9 Å². The molecule has 0 N–H and O–H groups in total. The molecule has 0 amide bonds. The van der Waals surface area contributed by atoms with Gasteiger partial charge in [0.1, 0.15) is 0 Å². The fraction of sp³-hybridized carbons (Fsp3) is 0.400. The molecule has 0 aliphatic heterocycles. The number of aromatic nitrogens is 1. The van der Waals surface area contributed by atoms with Gasteiger partial charge in [-0.2, -0.15) is 0 Å². The first-order valence-electron chi connectivity index (χ1n) is 6.50. The Kier molecular flexibility index (Phi) is 3.43. The number of hydrogen-bond donors (Lipinski definition) is 0. The molecule has 1 aliphatic carbocycles. The average Bonchev–Trinajstić information content (AvgIpc) is 2.91. The van der Waals surface area contributed by atoms with E-state index >= 15 is 0 Å². The Hall–Kier alpha value is -1.19. The summed E-state index contributed by atoms with van der Waals surface area (Å²) in [6.45, 7) is 1.00. The Balaban J connectivity index is 1.80. The molecule has 1 aliphatic rings. The molecule has 0 fully saturated rings. The molecule has 3 rings (SSSR count). The number of fused-ring (bicyclic) bond motifs is 1. The van der Waals surface area contributed by atoms with Gasteiger partial charge in [0.2, 0.25) is 0 Å². The molecule has 18 heavy (non-hydrogen) atoms. The second kappa shape index (κ2) is 5.21. The van der Waals surface area contributed by atoms with Crippen LogP contribution < -0.4 is 0 Å². The van der Waals surface area contributed by atoms with Gasteiger partial charge in [-0.05, 0) is 37.4 Å². The van der Waals surface area contributed by atoms with Crippen LogP contribution in [-0.4, -0.2) is 16.9 Å². The molecule has 0 spiro atoms. The van der Waals surface area contributed by atoms with Gasteiger partial charge in [-0.1, -0.05) is 24.3 Å². The highest BCUT2D eigenvalue weighted by Gasteiger charge is 2.23. The molecule has 0 saturated heterocycles. The SMILES string of the molecule is CN(Cc1cncs1)C1CCCc2ccccc21. The summed E-state index contributed by atoms with van der Waals surface area (Å²) in [6.07, 6.45) is 5.79. The van der Waals surface area contributed by atoms with Crippen LogP contribution in [0.5, 0.6) is 0 Å². The molecule has 1 aromatic heterocycles. The lowest BCUT2D eigenvalue weighted by Crippen LogP contribution is -2.27. The average molecular weight is 258 g/mol. The van der Waals surface area contributed by atoms with Crippen LogP contribution in [0.25, 0.3) is 0 Å². The fourth-order valence-electron chi connectivity index (χ4n) is 2.86. The standard InChI is InChI=1S/C15H18N2S/c1-17(10-13-9-16-11-18-13)15-8-4-6-12-5-2-3-7-14(12)15/h2-3,5,7,9,11,15H,4,6,8,10H2,1H3. The maximum Gasteiger partial charge on any atom is 0.0794 e. The van der Waals surface area contributed by atoms with Crippen molar-refractivity contribution in [3.63, 3.8) is 0 Å². The van der Waals surface area contributed by atoms with Crippen molar-refractivity contribution in [3.8, 4) is 0 Å². The summed E-state index contributed by atoms with van der Waals surface area (Å²) in [5, 5.41) is 0. The monoisotopic (exact) mass is 258 g/mol. The van der Waals surface area contributed by atoms with Crippen molar-refractivity contribution in [2.24, 2.45) is 0 Å². The van der Waals surface area contributed by atoms with Crippen LogP contribution in [0.2, 0.25) is 0 Å². The van der Waals surface area contributed by atoms with E-state index in [1.807, 2.05) is 11.7 Å². The number of nitrogens with zero attached hydrogens (tertiary/aromatic N) is 2. The van der Waals surface area contributed by atoms with Gasteiger partial charge < -0.3 is 0 Å². The summed E-state index contributed by atoms with van der Waals surface area (Å²) in [5.41, 5.74) is 4.97. The summed E-state index contributed by atoms with van der Waals surface area (Å²) in [7, 11) is 2.23. The Labute approximate surface area is 112 Å². The van der Waals surface area contributed by atoms with Crippen molar-refractivity contribution in [1.29, 1.82) is 0 Å². The van der Waals surface area contributed by atoms with Crippen LogP contribution in [0.3, 0.4) is 0 Å². The van der Waals surface area contributed by atoms with Gasteiger partial charge in [0.05, 0.1) is 5.51 Å². The van der Waals surface area contributed by atoms with Crippen LogP contribution >= 0.6 is 11.3 Å².